The fourth-order valence-corrected chi connectivity index (χ4v) is 3.02. The third-order valence-electron chi connectivity index (χ3n) is 4.27. The normalized spacial score (nSPS) is 9.64. The summed E-state index contributed by atoms with van der Waals surface area (Å²) in [6.45, 7) is 8.89. The number of halogens is 2. The molecule has 3 heteroatoms. The Morgan fingerprint density at radius 2 is 1.36 bits per heavy atom. The smallest absolute Gasteiger partial charge is 1.00 e. The van der Waals surface area contributed by atoms with Gasteiger partial charge in [-0.15, -0.1) is 28.0 Å². The maximum atomic E-state index is 2.32. The first-order chi connectivity index (χ1) is 9.09. The summed E-state index contributed by atoms with van der Waals surface area (Å²) in [6.07, 6.45) is 0. The van der Waals surface area contributed by atoms with E-state index in [1.807, 2.05) is 0 Å². The molecule has 3 aromatic carbocycles. The van der Waals surface area contributed by atoms with Gasteiger partial charge in [-0.3, -0.25) is 0 Å². The molecule has 0 unspecified atom stereocenters. The molecule has 0 spiro atoms. The Balaban J connectivity index is 0.00000147. The van der Waals surface area contributed by atoms with Crippen LogP contribution in [0.25, 0.3) is 21.9 Å². The molecule has 0 aromatic heterocycles. The summed E-state index contributed by atoms with van der Waals surface area (Å²) >= 11 is 0. The van der Waals surface area contributed by atoms with Crippen molar-refractivity contribution in [2.75, 3.05) is 0 Å². The van der Waals surface area contributed by atoms with E-state index < -0.39 is 0 Å². The van der Waals surface area contributed by atoms with Gasteiger partial charge in [0.05, 0.1) is 0 Å². The van der Waals surface area contributed by atoms with Gasteiger partial charge in [0, 0.05) is 0 Å². The van der Waals surface area contributed by atoms with E-state index in [0.29, 0.717) is 0 Å². The molecule has 0 fully saturated rings. The van der Waals surface area contributed by atoms with Gasteiger partial charge in [0.2, 0.25) is 0 Å². The van der Waals surface area contributed by atoms with Crippen molar-refractivity contribution < 1.29 is 51.0 Å². The van der Waals surface area contributed by atoms with Crippen LogP contribution in [0.15, 0.2) is 42.5 Å². The summed E-state index contributed by atoms with van der Waals surface area (Å²) in [6, 6.07) is 15.4. The molecule has 0 atom stereocenters. The minimum atomic E-state index is 0. The Bertz CT molecular complexity index is 758. The molecule has 0 nitrogen and oxygen atoms in total. The molecule has 0 aliphatic heterocycles. The second kappa shape index (κ2) is 8.39. The van der Waals surface area contributed by atoms with Crippen molar-refractivity contribution in [3.05, 3.63) is 64.7 Å². The van der Waals surface area contributed by atoms with Crippen LogP contribution in [0.4, 0.5) is 0 Å². The Morgan fingerprint density at radius 3 is 1.95 bits per heavy atom. The van der Waals surface area contributed by atoms with Crippen LogP contribution >= 0.6 is 0 Å². The van der Waals surface area contributed by atoms with Crippen molar-refractivity contribution in [1.29, 1.82) is 0 Å². The largest absolute Gasteiger partial charge is 3.00 e. The Kier molecular flexibility index (Phi) is 8.20. The summed E-state index contributed by atoms with van der Waals surface area (Å²) in [5.41, 5.74) is 8.30. The predicted molar refractivity (Wildman–Crippen MR) is 83.9 cm³/mol. The Labute approximate surface area is 164 Å². The Morgan fingerprint density at radius 1 is 0.773 bits per heavy atom. The number of fused-ring (bicyclic) bond motifs is 1. The van der Waals surface area contributed by atoms with Crippen molar-refractivity contribution in [2.45, 2.75) is 27.7 Å². The van der Waals surface area contributed by atoms with Crippen molar-refractivity contribution >= 4 is 10.8 Å². The number of benzene rings is 2. The number of aryl methyl sites for hydroxylation is 2. The monoisotopic (exact) mass is 407 g/mol. The summed E-state index contributed by atoms with van der Waals surface area (Å²) in [5.74, 6) is 0. The van der Waals surface area contributed by atoms with Gasteiger partial charge < -0.3 is 24.8 Å². The third-order valence-corrected chi connectivity index (χ3v) is 4.27. The SMILES string of the molecule is Cc1cc2c(-c3ccccc3)c(C)c(C)c(C)c2[cH-]1.[Cl-].[Cl-].[Zr+3]. The zero-order valence-corrected chi connectivity index (χ0v) is 17.3. The topological polar surface area (TPSA) is 0 Å². The van der Waals surface area contributed by atoms with Crippen molar-refractivity contribution in [1.82, 2.24) is 0 Å². The minimum absolute atomic E-state index is 0. The van der Waals surface area contributed by atoms with Crippen molar-refractivity contribution in [3.63, 3.8) is 0 Å². The van der Waals surface area contributed by atoms with E-state index in [-0.39, 0.29) is 51.0 Å². The van der Waals surface area contributed by atoms with Gasteiger partial charge in [-0.2, -0.15) is 6.07 Å². The molecule has 3 rings (SSSR count). The zero-order chi connectivity index (χ0) is 13.6. The van der Waals surface area contributed by atoms with Crippen LogP contribution in [0, 0.1) is 27.7 Å². The first-order valence-corrected chi connectivity index (χ1v) is 6.82. The van der Waals surface area contributed by atoms with Crippen molar-refractivity contribution in [2.24, 2.45) is 0 Å². The standard InChI is InChI=1S/C19H19.2ClH.Zr/c1-12-10-17-14(3)13(2)15(4)19(18(17)11-12)16-8-6-5-7-9-16;;;/h5-11H,1-4H3;2*1H;/q-1;;;+3/p-2. The molecule has 0 amide bonds. The van der Waals surface area contributed by atoms with Gasteiger partial charge in [-0.05, 0) is 19.4 Å². The van der Waals surface area contributed by atoms with Gasteiger partial charge in [-0.1, -0.05) is 60.9 Å². The Hall–Kier alpha value is -0.487. The first kappa shape index (κ1) is 21.5. The molecule has 0 N–H and O–H groups in total. The van der Waals surface area contributed by atoms with Gasteiger partial charge in [0.25, 0.3) is 0 Å². The molecule has 0 saturated carbocycles. The van der Waals surface area contributed by atoms with Crippen LogP contribution in [0.5, 0.6) is 0 Å². The van der Waals surface area contributed by atoms with E-state index in [1.165, 1.54) is 44.2 Å². The van der Waals surface area contributed by atoms with E-state index >= 15 is 0 Å². The van der Waals surface area contributed by atoms with Crippen LogP contribution in [-0.2, 0) is 26.2 Å². The molecule has 113 valence electrons. The quantitative estimate of drug-likeness (QED) is 0.474. The summed E-state index contributed by atoms with van der Waals surface area (Å²) in [4.78, 5) is 0. The average molecular weight is 409 g/mol. The molecule has 0 aliphatic carbocycles. The number of hydrogen-bond acceptors (Lipinski definition) is 0. The summed E-state index contributed by atoms with van der Waals surface area (Å²) in [5, 5.41) is 2.80. The fraction of sp³-hybridized carbons (Fsp3) is 0.211. The second-order valence-electron chi connectivity index (χ2n) is 5.48. The molecular formula is C19H19Cl2Zr. The third kappa shape index (κ3) is 3.53. The fourth-order valence-electron chi connectivity index (χ4n) is 3.02. The minimum Gasteiger partial charge on any atom is -1.00 e. The van der Waals surface area contributed by atoms with Gasteiger partial charge >= 0.3 is 26.2 Å². The summed E-state index contributed by atoms with van der Waals surface area (Å²) < 4.78 is 0. The van der Waals surface area contributed by atoms with E-state index in [1.54, 1.807) is 0 Å². The van der Waals surface area contributed by atoms with Crippen LogP contribution in [0.2, 0.25) is 0 Å². The van der Waals surface area contributed by atoms with E-state index in [0.717, 1.165) is 0 Å². The maximum absolute atomic E-state index is 2.32. The second-order valence-corrected chi connectivity index (χ2v) is 5.48. The van der Waals surface area contributed by atoms with E-state index in [4.69, 9.17) is 0 Å². The van der Waals surface area contributed by atoms with Crippen LogP contribution in [0.3, 0.4) is 0 Å². The van der Waals surface area contributed by atoms with Crippen molar-refractivity contribution in [3.8, 4) is 11.1 Å². The van der Waals surface area contributed by atoms with Gasteiger partial charge in [-0.25, -0.2) is 0 Å². The summed E-state index contributed by atoms with van der Waals surface area (Å²) in [7, 11) is 0. The average Bonchev–Trinajstić information content (AvgIpc) is 2.79. The van der Waals surface area contributed by atoms with Crippen LogP contribution in [-0.4, -0.2) is 0 Å². The number of rotatable bonds is 1. The van der Waals surface area contributed by atoms with E-state index in [9.17, 15) is 0 Å². The maximum Gasteiger partial charge on any atom is 3.00 e. The van der Waals surface area contributed by atoms with Gasteiger partial charge in [0.1, 0.15) is 0 Å². The predicted octanol–water partition coefficient (Wildman–Crippen LogP) is -0.535. The van der Waals surface area contributed by atoms with Gasteiger partial charge in [0.15, 0.2) is 0 Å². The zero-order valence-electron chi connectivity index (χ0n) is 13.3. The molecule has 1 radical (unpaired) electrons. The van der Waals surface area contributed by atoms with Crippen LogP contribution < -0.4 is 24.8 Å². The molecule has 3 aromatic rings. The molecule has 22 heavy (non-hydrogen) atoms. The molecule has 0 saturated heterocycles. The van der Waals surface area contributed by atoms with E-state index in [2.05, 4.69) is 70.2 Å². The van der Waals surface area contributed by atoms with Crippen LogP contribution in [0.1, 0.15) is 22.3 Å². The molecule has 0 aliphatic rings. The molecular weight excluding hydrogens is 390 g/mol. The molecule has 0 heterocycles. The first-order valence-electron chi connectivity index (χ1n) is 6.82. The number of hydrogen-bond donors (Lipinski definition) is 0. The molecule has 0 bridgehead atoms.